The molecule has 0 heterocycles. The molecule has 2 rings (SSSR count). The molecule has 0 spiro atoms. The summed E-state index contributed by atoms with van der Waals surface area (Å²) in [6.45, 7) is 1.55. The third-order valence-electron chi connectivity index (χ3n) is 3.29. The summed E-state index contributed by atoms with van der Waals surface area (Å²) in [6, 6.07) is 8.21. The first kappa shape index (κ1) is 11.3. The van der Waals surface area contributed by atoms with Gasteiger partial charge in [-0.1, -0.05) is 18.2 Å². The second-order valence-corrected chi connectivity index (χ2v) is 6.70. The lowest BCUT2D eigenvalue weighted by Crippen LogP contribution is -2.39. The van der Waals surface area contributed by atoms with Gasteiger partial charge in [-0.3, -0.25) is 4.79 Å². The van der Waals surface area contributed by atoms with Crippen LogP contribution in [0.25, 0.3) is 0 Å². The van der Waals surface area contributed by atoms with Gasteiger partial charge in [0.1, 0.15) is 4.75 Å². The Morgan fingerprint density at radius 3 is 2.31 bits per heavy atom. The molecular formula is C12H14O3S. The van der Waals surface area contributed by atoms with Gasteiger partial charge in [0.2, 0.25) is 0 Å². The number of hydrogen-bond donors (Lipinski definition) is 0. The second kappa shape index (κ2) is 3.70. The van der Waals surface area contributed by atoms with Crippen molar-refractivity contribution in [1.29, 1.82) is 0 Å². The van der Waals surface area contributed by atoms with Gasteiger partial charge >= 0.3 is 0 Å². The third kappa shape index (κ3) is 1.48. The minimum Gasteiger partial charge on any atom is -0.298 e. The van der Waals surface area contributed by atoms with E-state index in [1.54, 1.807) is 37.3 Å². The summed E-state index contributed by atoms with van der Waals surface area (Å²) in [7, 11) is -3.54. The summed E-state index contributed by atoms with van der Waals surface area (Å²) in [6.07, 6.45) is 1.48. The van der Waals surface area contributed by atoms with Gasteiger partial charge in [-0.15, -0.1) is 0 Å². The first-order valence-electron chi connectivity index (χ1n) is 5.31. The van der Waals surface area contributed by atoms with Crippen molar-refractivity contribution < 1.29 is 13.2 Å². The molecule has 0 bridgehead atoms. The lowest BCUT2D eigenvalue weighted by atomic mass is 10.1. The van der Waals surface area contributed by atoms with Gasteiger partial charge < -0.3 is 0 Å². The summed E-state index contributed by atoms with van der Waals surface area (Å²) >= 11 is 0. The van der Waals surface area contributed by atoms with Crippen molar-refractivity contribution in [3.05, 3.63) is 30.3 Å². The highest BCUT2D eigenvalue weighted by Gasteiger charge is 2.49. The minimum absolute atomic E-state index is 0.156. The van der Waals surface area contributed by atoms with Crippen LogP contribution in [0.5, 0.6) is 0 Å². The quantitative estimate of drug-likeness (QED) is 0.791. The number of Topliss-reactive ketones (excluding diaryl/α,β-unsaturated/α-hetero) is 1. The Morgan fingerprint density at radius 1 is 1.19 bits per heavy atom. The number of hydrogen-bond acceptors (Lipinski definition) is 3. The summed E-state index contributed by atoms with van der Waals surface area (Å²) in [5.41, 5.74) is 0. The molecule has 1 fully saturated rings. The molecule has 1 aliphatic rings. The van der Waals surface area contributed by atoms with Crippen LogP contribution in [0.3, 0.4) is 0 Å². The molecule has 16 heavy (non-hydrogen) atoms. The maximum absolute atomic E-state index is 12.3. The standard InChI is InChI=1S/C12H14O3S/c1-12(9-5-8-11(12)13)16(14,15)10-6-3-2-4-7-10/h2-4,6-7H,5,8-9H2,1H3. The molecule has 1 saturated carbocycles. The Bertz CT molecular complexity index is 504. The van der Waals surface area contributed by atoms with Gasteiger partial charge in [-0.2, -0.15) is 0 Å². The first-order valence-corrected chi connectivity index (χ1v) is 6.80. The normalized spacial score (nSPS) is 25.9. The van der Waals surface area contributed by atoms with E-state index in [4.69, 9.17) is 0 Å². The molecule has 0 N–H and O–H groups in total. The van der Waals surface area contributed by atoms with Gasteiger partial charge in [0.15, 0.2) is 15.6 Å². The Morgan fingerprint density at radius 2 is 1.81 bits per heavy atom. The summed E-state index contributed by atoms with van der Waals surface area (Å²) in [5, 5.41) is 0. The molecule has 1 atom stereocenters. The van der Waals surface area contributed by atoms with Crippen LogP contribution in [0.4, 0.5) is 0 Å². The van der Waals surface area contributed by atoms with Crippen molar-refractivity contribution >= 4 is 15.6 Å². The topological polar surface area (TPSA) is 51.2 Å². The molecule has 1 aromatic rings. The van der Waals surface area contributed by atoms with E-state index in [9.17, 15) is 13.2 Å². The Balaban J connectivity index is 2.52. The number of benzene rings is 1. The van der Waals surface area contributed by atoms with Gasteiger partial charge in [-0.05, 0) is 31.9 Å². The fourth-order valence-electron chi connectivity index (χ4n) is 2.13. The molecule has 0 saturated heterocycles. The van der Waals surface area contributed by atoms with E-state index in [1.165, 1.54) is 0 Å². The number of ketones is 1. The fraction of sp³-hybridized carbons (Fsp3) is 0.417. The Kier molecular flexibility index (Phi) is 2.62. The van der Waals surface area contributed by atoms with Crippen LogP contribution in [0, 0.1) is 0 Å². The Labute approximate surface area is 95.4 Å². The third-order valence-corrected chi connectivity index (χ3v) is 5.80. The molecule has 0 radical (unpaired) electrons. The molecule has 1 aliphatic carbocycles. The van der Waals surface area contributed by atoms with Crippen molar-refractivity contribution in [2.45, 2.75) is 35.8 Å². The minimum atomic E-state index is -3.54. The highest BCUT2D eigenvalue weighted by molar-refractivity contribution is 7.93. The summed E-state index contributed by atoms with van der Waals surface area (Å²) in [4.78, 5) is 12.0. The van der Waals surface area contributed by atoms with Crippen molar-refractivity contribution in [1.82, 2.24) is 0 Å². The molecular weight excluding hydrogens is 224 g/mol. The van der Waals surface area contributed by atoms with Crippen molar-refractivity contribution in [3.63, 3.8) is 0 Å². The first-order chi connectivity index (χ1) is 7.48. The highest BCUT2D eigenvalue weighted by atomic mass is 32.2. The van der Waals surface area contributed by atoms with Crippen LogP contribution in [0.1, 0.15) is 26.2 Å². The molecule has 86 valence electrons. The zero-order valence-electron chi connectivity index (χ0n) is 9.14. The number of rotatable bonds is 2. The number of sulfone groups is 1. The van der Waals surface area contributed by atoms with Crippen molar-refractivity contribution in [2.75, 3.05) is 0 Å². The van der Waals surface area contributed by atoms with Gasteiger partial charge in [0.05, 0.1) is 4.90 Å². The highest BCUT2D eigenvalue weighted by Crippen LogP contribution is 2.37. The smallest absolute Gasteiger partial charge is 0.190 e. The van der Waals surface area contributed by atoms with E-state index in [2.05, 4.69) is 0 Å². The van der Waals surface area contributed by atoms with Crippen molar-refractivity contribution in [3.8, 4) is 0 Å². The van der Waals surface area contributed by atoms with Crippen molar-refractivity contribution in [2.24, 2.45) is 0 Å². The molecule has 0 amide bonds. The van der Waals surface area contributed by atoms with E-state index in [0.29, 0.717) is 19.3 Å². The lowest BCUT2D eigenvalue weighted by Gasteiger charge is -2.22. The van der Waals surface area contributed by atoms with Crippen LogP contribution < -0.4 is 0 Å². The Hall–Kier alpha value is -1.16. The fourth-order valence-corrected chi connectivity index (χ4v) is 3.98. The monoisotopic (exact) mass is 238 g/mol. The number of carbonyl (C=O) groups is 1. The maximum atomic E-state index is 12.3. The predicted octanol–water partition coefficient (Wildman–Crippen LogP) is 1.97. The van der Waals surface area contributed by atoms with E-state index < -0.39 is 14.6 Å². The van der Waals surface area contributed by atoms with E-state index in [-0.39, 0.29) is 10.7 Å². The molecule has 0 aliphatic heterocycles. The predicted molar refractivity (Wildman–Crippen MR) is 60.9 cm³/mol. The maximum Gasteiger partial charge on any atom is 0.190 e. The van der Waals surface area contributed by atoms with Crippen LogP contribution in [0.15, 0.2) is 35.2 Å². The zero-order valence-corrected chi connectivity index (χ0v) is 9.96. The molecule has 1 aromatic carbocycles. The summed E-state index contributed by atoms with van der Waals surface area (Å²) in [5.74, 6) is -0.156. The largest absolute Gasteiger partial charge is 0.298 e. The number of carbonyl (C=O) groups excluding carboxylic acids is 1. The van der Waals surface area contributed by atoms with Gasteiger partial charge in [0, 0.05) is 6.42 Å². The lowest BCUT2D eigenvalue weighted by molar-refractivity contribution is -0.119. The SMILES string of the molecule is CC1(S(=O)(=O)c2ccccc2)CCCC1=O. The van der Waals surface area contributed by atoms with Crippen LogP contribution in [-0.2, 0) is 14.6 Å². The zero-order chi connectivity index (χ0) is 11.8. The average Bonchev–Trinajstić information content (AvgIpc) is 2.62. The van der Waals surface area contributed by atoms with Gasteiger partial charge in [-0.25, -0.2) is 8.42 Å². The van der Waals surface area contributed by atoms with E-state index in [1.807, 2.05) is 0 Å². The molecule has 1 unspecified atom stereocenters. The molecule has 3 nitrogen and oxygen atoms in total. The van der Waals surface area contributed by atoms with E-state index in [0.717, 1.165) is 0 Å². The average molecular weight is 238 g/mol. The van der Waals surface area contributed by atoms with Crippen LogP contribution in [-0.4, -0.2) is 18.9 Å². The summed E-state index contributed by atoms with van der Waals surface area (Å²) < 4.78 is 23.5. The second-order valence-electron chi connectivity index (χ2n) is 4.32. The molecule has 0 aromatic heterocycles. The van der Waals surface area contributed by atoms with Gasteiger partial charge in [0.25, 0.3) is 0 Å². The van der Waals surface area contributed by atoms with Crippen LogP contribution >= 0.6 is 0 Å². The van der Waals surface area contributed by atoms with E-state index >= 15 is 0 Å². The van der Waals surface area contributed by atoms with Crippen LogP contribution in [0.2, 0.25) is 0 Å². The molecule has 4 heteroatoms.